The van der Waals surface area contributed by atoms with Crippen molar-refractivity contribution < 1.29 is 23.8 Å². The number of rotatable bonds is 7. The molecule has 18 heavy (non-hydrogen) atoms. The normalized spacial score (nSPS) is 12.4. The highest BCUT2D eigenvalue weighted by Gasteiger charge is 2.09. The largest absolute Gasteiger partial charge is 0.481 e. The molecule has 0 amide bonds. The molecule has 1 atom stereocenters. The van der Waals surface area contributed by atoms with Crippen molar-refractivity contribution in [1.29, 1.82) is 0 Å². The van der Waals surface area contributed by atoms with E-state index in [1.165, 1.54) is 12.1 Å². The van der Waals surface area contributed by atoms with Gasteiger partial charge in [0, 0.05) is 12.6 Å². The number of carboxylic acids is 1. The highest BCUT2D eigenvalue weighted by molar-refractivity contribution is 5.67. The van der Waals surface area contributed by atoms with Crippen molar-refractivity contribution in [2.75, 3.05) is 13.1 Å². The molecule has 1 unspecified atom stereocenters. The lowest BCUT2D eigenvalue weighted by atomic mass is 10.1. The molecule has 0 aliphatic heterocycles. The van der Waals surface area contributed by atoms with Gasteiger partial charge in [0.1, 0.15) is 11.6 Å². The number of aliphatic carboxylic acids is 1. The van der Waals surface area contributed by atoms with E-state index in [9.17, 15) is 18.7 Å². The Kier molecular flexibility index (Phi) is 5.67. The topological polar surface area (TPSA) is 69.6 Å². The van der Waals surface area contributed by atoms with E-state index in [0.717, 1.165) is 6.07 Å². The molecule has 1 rings (SSSR count). The van der Waals surface area contributed by atoms with Crippen LogP contribution in [-0.4, -0.2) is 35.4 Å². The summed E-state index contributed by atoms with van der Waals surface area (Å²) in [5.41, 5.74) is 0.372. The number of hydrogen-bond acceptors (Lipinski definition) is 3. The highest BCUT2D eigenvalue weighted by atomic mass is 19.1. The zero-order chi connectivity index (χ0) is 13.5. The standard InChI is InChI=1S/C12H15F2NO3/c13-9-2-1-8(11(14)5-9)3-4-15-7-10(16)6-12(17)18/h1-2,5,10,15-16H,3-4,6-7H2,(H,17,18). The summed E-state index contributed by atoms with van der Waals surface area (Å²) < 4.78 is 25.8. The Morgan fingerprint density at radius 2 is 2.11 bits per heavy atom. The molecule has 100 valence electrons. The SMILES string of the molecule is O=C(O)CC(O)CNCCc1ccc(F)cc1F. The predicted octanol–water partition coefficient (Wildman–Crippen LogP) is 0.932. The van der Waals surface area contributed by atoms with E-state index in [1.807, 2.05) is 0 Å². The molecular formula is C12H15F2NO3. The number of halogens is 2. The van der Waals surface area contributed by atoms with Gasteiger partial charge in [-0.15, -0.1) is 0 Å². The van der Waals surface area contributed by atoms with Crippen LogP contribution in [0.4, 0.5) is 8.78 Å². The maximum atomic E-state index is 13.2. The zero-order valence-corrected chi connectivity index (χ0v) is 9.70. The number of hydrogen-bond donors (Lipinski definition) is 3. The molecule has 1 aromatic carbocycles. The molecule has 0 aliphatic rings. The molecule has 0 aromatic heterocycles. The molecule has 0 saturated carbocycles. The van der Waals surface area contributed by atoms with Gasteiger partial charge in [0.15, 0.2) is 0 Å². The van der Waals surface area contributed by atoms with Gasteiger partial charge in [-0.2, -0.15) is 0 Å². The zero-order valence-electron chi connectivity index (χ0n) is 9.70. The minimum Gasteiger partial charge on any atom is -0.481 e. The van der Waals surface area contributed by atoms with Crippen LogP contribution in [-0.2, 0) is 11.2 Å². The van der Waals surface area contributed by atoms with E-state index in [2.05, 4.69) is 5.32 Å². The first kappa shape index (κ1) is 14.5. The number of nitrogens with one attached hydrogen (secondary N) is 1. The Balaban J connectivity index is 2.27. The molecule has 0 fully saturated rings. The van der Waals surface area contributed by atoms with Gasteiger partial charge >= 0.3 is 5.97 Å². The number of carbonyl (C=O) groups is 1. The first-order valence-corrected chi connectivity index (χ1v) is 5.53. The van der Waals surface area contributed by atoms with Gasteiger partial charge in [-0.25, -0.2) is 8.78 Å². The maximum Gasteiger partial charge on any atom is 0.306 e. The average molecular weight is 259 g/mol. The Hall–Kier alpha value is -1.53. The maximum absolute atomic E-state index is 13.2. The van der Waals surface area contributed by atoms with E-state index in [1.54, 1.807) is 0 Å². The molecule has 4 nitrogen and oxygen atoms in total. The first-order valence-electron chi connectivity index (χ1n) is 5.53. The first-order chi connectivity index (χ1) is 8.49. The van der Waals surface area contributed by atoms with E-state index in [4.69, 9.17) is 5.11 Å². The Bertz CT molecular complexity index is 412. The van der Waals surface area contributed by atoms with Gasteiger partial charge in [-0.3, -0.25) is 4.79 Å². The second kappa shape index (κ2) is 7.03. The number of aliphatic hydroxyl groups excluding tert-OH is 1. The smallest absolute Gasteiger partial charge is 0.306 e. The minimum atomic E-state index is -1.08. The Labute approximate surface area is 103 Å². The molecule has 0 radical (unpaired) electrons. The summed E-state index contributed by atoms with van der Waals surface area (Å²) in [5, 5.41) is 20.5. The van der Waals surface area contributed by atoms with Crippen LogP contribution < -0.4 is 5.32 Å². The van der Waals surface area contributed by atoms with Gasteiger partial charge in [-0.05, 0) is 24.6 Å². The van der Waals surface area contributed by atoms with Gasteiger partial charge in [0.2, 0.25) is 0 Å². The lowest BCUT2D eigenvalue weighted by molar-refractivity contribution is -0.139. The minimum absolute atomic E-state index is 0.120. The van der Waals surface area contributed by atoms with E-state index >= 15 is 0 Å². The summed E-state index contributed by atoms with van der Waals surface area (Å²) in [6.07, 6.45) is -0.968. The van der Waals surface area contributed by atoms with Crippen LogP contribution in [0.5, 0.6) is 0 Å². The molecule has 0 heterocycles. The van der Waals surface area contributed by atoms with Gasteiger partial charge in [0.05, 0.1) is 12.5 Å². The van der Waals surface area contributed by atoms with Crippen molar-refractivity contribution in [2.24, 2.45) is 0 Å². The molecular weight excluding hydrogens is 244 g/mol. The molecule has 6 heteroatoms. The van der Waals surface area contributed by atoms with Crippen LogP contribution in [0.25, 0.3) is 0 Å². The third-order valence-corrected chi connectivity index (χ3v) is 2.38. The summed E-state index contributed by atoms with van der Waals surface area (Å²) in [7, 11) is 0. The van der Waals surface area contributed by atoms with Crippen molar-refractivity contribution in [3.8, 4) is 0 Å². The molecule has 3 N–H and O–H groups in total. The van der Waals surface area contributed by atoms with Crippen LogP contribution in [0.15, 0.2) is 18.2 Å². The van der Waals surface area contributed by atoms with Crippen molar-refractivity contribution in [1.82, 2.24) is 5.32 Å². The predicted molar refractivity (Wildman–Crippen MR) is 61.2 cm³/mol. The number of carboxylic acid groups (broad SMARTS) is 1. The average Bonchev–Trinajstić information content (AvgIpc) is 2.25. The summed E-state index contributed by atoms with van der Waals surface area (Å²) in [6.45, 7) is 0.494. The van der Waals surface area contributed by atoms with Crippen molar-refractivity contribution in [3.05, 3.63) is 35.4 Å². The lowest BCUT2D eigenvalue weighted by Crippen LogP contribution is -2.30. The fraction of sp³-hybridized carbons (Fsp3) is 0.417. The van der Waals surface area contributed by atoms with Crippen LogP contribution in [0, 0.1) is 11.6 Å². The Morgan fingerprint density at radius 1 is 1.39 bits per heavy atom. The van der Waals surface area contributed by atoms with Crippen LogP contribution in [0.1, 0.15) is 12.0 Å². The van der Waals surface area contributed by atoms with Crippen molar-refractivity contribution in [3.63, 3.8) is 0 Å². The second-order valence-electron chi connectivity index (χ2n) is 3.94. The van der Waals surface area contributed by atoms with Crippen LogP contribution >= 0.6 is 0 Å². The Morgan fingerprint density at radius 3 is 2.72 bits per heavy atom. The van der Waals surface area contributed by atoms with Gasteiger partial charge in [0.25, 0.3) is 0 Å². The number of benzene rings is 1. The fourth-order valence-corrected chi connectivity index (χ4v) is 1.49. The van der Waals surface area contributed by atoms with Crippen LogP contribution in [0.3, 0.4) is 0 Å². The van der Waals surface area contributed by atoms with Gasteiger partial charge in [-0.1, -0.05) is 6.07 Å². The molecule has 0 spiro atoms. The monoisotopic (exact) mass is 259 g/mol. The van der Waals surface area contributed by atoms with Crippen LogP contribution in [0.2, 0.25) is 0 Å². The molecule has 1 aromatic rings. The van der Waals surface area contributed by atoms with E-state index < -0.39 is 23.7 Å². The molecule has 0 aliphatic carbocycles. The van der Waals surface area contributed by atoms with Gasteiger partial charge < -0.3 is 15.5 Å². The quantitative estimate of drug-likeness (QED) is 0.637. The van der Waals surface area contributed by atoms with E-state index in [0.29, 0.717) is 18.5 Å². The second-order valence-corrected chi connectivity index (χ2v) is 3.94. The summed E-state index contributed by atoms with van der Waals surface area (Å²) in [6, 6.07) is 3.35. The lowest BCUT2D eigenvalue weighted by Gasteiger charge is -2.09. The third-order valence-electron chi connectivity index (χ3n) is 2.38. The summed E-state index contributed by atoms with van der Waals surface area (Å²) in [4.78, 5) is 10.3. The molecule has 0 saturated heterocycles. The fourth-order valence-electron chi connectivity index (χ4n) is 1.49. The van der Waals surface area contributed by atoms with E-state index in [-0.39, 0.29) is 13.0 Å². The van der Waals surface area contributed by atoms with Crippen molar-refractivity contribution >= 4 is 5.97 Å². The molecule has 0 bridgehead atoms. The number of aliphatic hydroxyl groups is 1. The summed E-state index contributed by atoms with van der Waals surface area (Å²) >= 11 is 0. The third kappa shape index (κ3) is 5.20. The summed E-state index contributed by atoms with van der Waals surface area (Å²) in [5.74, 6) is -2.31. The highest BCUT2D eigenvalue weighted by Crippen LogP contribution is 2.09. The van der Waals surface area contributed by atoms with Crippen molar-refractivity contribution in [2.45, 2.75) is 18.9 Å².